The zero-order chi connectivity index (χ0) is 16.5. The Hall–Kier alpha value is -1.55. The van der Waals surface area contributed by atoms with Crippen molar-refractivity contribution in [2.75, 3.05) is 11.9 Å². The Morgan fingerprint density at radius 1 is 1.30 bits per heavy atom. The second kappa shape index (κ2) is 9.56. The fraction of sp³-hybridized carbons (Fsp3) is 0.632. The molecular formula is C19H30N2O2. The normalized spacial score (nSPS) is 21.0. The summed E-state index contributed by atoms with van der Waals surface area (Å²) in [6.45, 7) is 5.07. The van der Waals surface area contributed by atoms with E-state index in [1.54, 1.807) is 0 Å². The number of ether oxygens (including phenoxy) is 1. The average molecular weight is 318 g/mol. The minimum atomic E-state index is -0.0858. The van der Waals surface area contributed by atoms with E-state index in [2.05, 4.69) is 24.5 Å². The van der Waals surface area contributed by atoms with Crippen LogP contribution in [0.3, 0.4) is 0 Å². The molecule has 4 nitrogen and oxygen atoms in total. The standard InChI is InChI=1S/C19H30N2O2/c1-3-4-5-6-13-23-17-11-8-10-16(14-17)21-19(22)18-12-7-9-15(2)20-18/h8,10-11,14-15,18,20H,3-7,9,12-13H2,1-2H3,(H,21,22). The van der Waals surface area contributed by atoms with Gasteiger partial charge in [0.25, 0.3) is 0 Å². The van der Waals surface area contributed by atoms with Crippen molar-refractivity contribution in [2.45, 2.75) is 70.9 Å². The second-order valence-corrected chi connectivity index (χ2v) is 6.48. The van der Waals surface area contributed by atoms with Gasteiger partial charge in [0.1, 0.15) is 5.75 Å². The molecule has 2 atom stereocenters. The van der Waals surface area contributed by atoms with Crippen LogP contribution in [0.1, 0.15) is 58.8 Å². The summed E-state index contributed by atoms with van der Waals surface area (Å²) in [6.07, 6.45) is 7.93. The van der Waals surface area contributed by atoms with Gasteiger partial charge >= 0.3 is 0 Å². The lowest BCUT2D eigenvalue weighted by Crippen LogP contribution is -2.47. The molecule has 1 saturated heterocycles. The largest absolute Gasteiger partial charge is 0.494 e. The molecule has 1 aliphatic heterocycles. The third-order valence-electron chi connectivity index (χ3n) is 4.30. The molecule has 0 radical (unpaired) electrons. The first kappa shape index (κ1) is 17.8. The topological polar surface area (TPSA) is 50.4 Å². The van der Waals surface area contributed by atoms with Crippen LogP contribution in [-0.2, 0) is 4.79 Å². The Morgan fingerprint density at radius 2 is 2.17 bits per heavy atom. The fourth-order valence-corrected chi connectivity index (χ4v) is 2.96. The minimum absolute atomic E-state index is 0.0524. The smallest absolute Gasteiger partial charge is 0.241 e. The average Bonchev–Trinajstić information content (AvgIpc) is 2.55. The van der Waals surface area contributed by atoms with Gasteiger partial charge < -0.3 is 15.4 Å². The molecule has 0 aromatic heterocycles. The molecule has 0 aliphatic carbocycles. The van der Waals surface area contributed by atoms with Crippen molar-refractivity contribution in [2.24, 2.45) is 0 Å². The number of unbranched alkanes of at least 4 members (excludes halogenated alkanes) is 3. The highest BCUT2D eigenvalue weighted by Gasteiger charge is 2.24. The van der Waals surface area contributed by atoms with E-state index in [-0.39, 0.29) is 11.9 Å². The van der Waals surface area contributed by atoms with Crippen LogP contribution in [0.5, 0.6) is 5.75 Å². The van der Waals surface area contributed by atoms with Gasteiger partial charge in [-0.1, -0.05) is 32.3 Å². The summed E-state index contributed by atoms with van der Waals surface area (Å²) >= 11 is 0. The zero-order valence-electron chi connectivity index (χ0n) is 14.4. The molecule has 2 unspecified atom stereocenters. The predicted octanol–water partition coefficient (Wildman–Crippen LogP) is 4.11. The van der Waals surface area contributed by atoms with E-state index in [4.69, 9.17) is 4.74 Å². The van der Waals surface area contributed by atoms with Gasteiger partial charge in [-0.25, -0.2) is 0 Å². The molecule has 2 rings (SSSR count). The third-order valence-corrected chi connectivity index (χ3v) is 4.30. The number of rotatable bonds is 8. The fourth-order valence-electron chi connectivity index (χ4n) is 2.96. The SMILES string of the molecule is CCCCCCOc1cccc(NC(=O)C2CCCC(C)N2)c1. The van der Waals surface area contributed by atoms with Crippen LogP contribution in [0.15, 0.2) is 24.3 Å². The molecule has 1 aromatic carbocycles. The van der Waals surface area contributed by atoms with Crippen molar-refractivity contribution in [3.63, 3.8) is 0 Å². The van der Waals surface area contributed by atoms with Crippen molar-refractivity contribution in [1.29, 1.82) is 0 Å². The lowest BCUT2D eigenvalue weighted by Gasteiger charge is -2.27. The lowest BCUT2D eigenvalue weighted by atomic mass is 9.99. The molecule has 1 amide bonds. The lowest BCUT2D eigenvalue weighted by molar-refractivity contribution is -0.118. The molecule has 1 aromatic rings. The van der Waals surface area contributed by atoms with Crippen LogP contribution in [0.2, 0.25) is 0 Å². The van der Waals surface area contributed by atoms with Gasteiger partial charge in [0.05, 0.1) is 12.6 Å². The summed E-state index contributed by atoms with van der Waals surface area (Å²) in [5.74, 6) is 0.876. The van der Waals surface area contributed by atoms with Crippen molar-refractivity contribution in [3.05, 3.63) is 24.3 Å². The molecule has 0 spiro atoms. The minimum Gasteiger partial charge on any atom is -0.494 e. The quantitative estimate of drug-likeness (QED) is 0.709. The van der Waals surface area contributed by atoms with Crippen LogP contribution >= 0.6 is 0 Å². The predicted molar refractivity (Wildman–Crippen MR) is 94.9 cm³/mol. The summed E-state index contributed by atoms with van der Waals surface area (Å²) < 4.78 is 5.77. The summed E-state index contributed by atoms with van der Waals surface area (Å²) in [5.41, 5.74) is 0.807. The van der Waals surface area contributed by atoms with Crippen LogP contribution in [0.25, 0.3) is 0 Å². The van der Waals surface area contributed by atoms with E-state index in [1.165, 1.54) is 19.3 Å². The molecule has 0 saturated carbocycles. The number of carbonyl (C=O) groups excluding carboxylic acids is 1. The number of carbonyl (C=O) groups is 1. The van der Waals surface area contributed by atoms with Crippen molar-refractivity contribution in [1.82, 2.24) is 5.32 Å². The van der Waals surface area contributed by atoms with Crippen LogP contribution < -0.4 is 15.4 Å². The first-order valence-corrected chi connectivity index (χ1v) is 8.99. The first-order chi connectivity index (χ1) is 11.2. The van der Waals surface area contributed by atoms with E-state index in [0.717, 1.165) is 43.7 Å². The van der Waals surface area contributed by atoms with E-state index in [1.807, 2.05) is 24.3 Å². The van der Waals surface area contributed by atoms with Crippen LogP contribution in [0, 0.1) is 0 Å². The third kappa shape index (κ3) is 6.22. The molecular weight excluding hydrogens is 288 g/mol. The number of benzene rings is 1. The van der Waals surface area contributed by atoms with E-state index >= 15 is 0 Å². The number of nitrogens with one attached hydrogen (secondary N) is 2. The maximum Gasteiger partial charge on any atom is 0.241 e. The van der Waals surface area contributed by atoms with Gasteiger partial charge in [-0.3, -0.25) is 4.79 Å². The van der Waals surface area contributed by atoms with Crippen molar-refractivity contribution >= 4 is 11.6 Å². The summed E-state index contributed by atoms with van der Waals surface area (Å²) in [6, 6.07) is 8.01. The maximum absolute atomic E-state index is 12.3. The van der Waals surface area contributed by atoms with Gasteiger partial charge in [-0.05, 0) is 44.7 Å². The van der Waals surface area contributed by atoms with Crippen molar-refractivity contribution < 1.29 is 9.53 Å². The van der Waals surface area contributed by atoms with Gasteiger partial charge in [-0.15, -0.1) is 0 Å². The van der Waals surface area contributed by atoms with E-state index < -0.39 is 0 Å². The highest BCUT2D eigenvalue weighted by atomic mass is 16.5. The zero-order valence-corrected chi connectivity index (χ0v) is 14.4. The number of hydrogen-bond donors (Lipinski definition) is 2. The molecule has 1 heterocycles. The van der Waals surface area contributed by atoms with Crippen LogP contribution in [-0.4, -0.2) is 24.6 Å². The Bertz CT molecular complexity index is 490. The summed E-state index contributed by atoms with van der Waals surface area (Å²) in [5, 5.41) is 6.36. The molecule has 1 aliphatic rings. The highest BCUT2D eigenvalue weighted by molar-refractivity contribution is 5.95. The number of amides is 1. The van der Waals surface area contributed by atoms with E-state index in [0.29, 0.717) is 6.04 Å². The van der Waals surface area contributed by atoms with Gasteiger partial charge in [0.15, 0.2) is 0 Å². The Balaban J connectivity index is 1.80. The summed E-state index contributed by atoms with van der Waals surface area (Å²) in [4.78, 5) is 12.3. The number of piperidine rings is 1. The van der Waals surface area contributed by atoms with E-state index in [9.17, 15) is 4.79 Å². The molecule has 128 valence electrons. The Kier molecular flexibility index (Phi) is 7.40. The van der Waals surface area contributed by atoms with Gasteiger partial charge in [0.2, 0.25) is 5.91 Å². The highest BCUT2D eigenvalue weighted by Crippen LogP contribution is 2.19. The van der Waals surface area contributed by atoms with Crippen LogP contribution in [0.4, 0.5) is 5.69 Å². The molecule has 23 heavy (non-hydrogen) atoms. The first-order valence-electron chi connectivity index (χ1n) is 8.99. The van der Waals surface area contributed by atoms with Gasteiger partial charge in [-0.2, -0.15) is 0 Å². The second-order valence-electron chi connectivity index (χ2n) is 6.48. The molecule has 4 heteroatoms. The van der Waals surface area contributed by atoms with Gasteiger partial charge in [0, 0.05) is 17.8 Å². The Labute approximate surface area is 140 Å². The Morgan fingerprint density at radius 3 is 2.96 bits per heavy atom. The monoisotopic (exact) mass is 318 g/mol. The number of anilines is 1. The van der Waals surface area contributed by atoms with Crippen molar-refractivity contribution in [3.8, 4) is 5.75 Å². The maximum atomic E-state index is 12.3. The summed E-state index contributed by atoms with van der Waals surface area (Å²) in [7, 11) is 0. The number of hydrogen-bond acceptors (Lipinski definition) is 3. The molecule has 2 N–H and O–H groups in total. The molecule has 1 fully saturated rings. The molecule has 0 bridgehead atoms.